The van der Waals surface area contributed by atoms with Gasteiger partial charge in [-0.25, -0.2) is 9.59 Å². The number of hydrogen-bond acceptors (Lipinski definition) is 6. The van der Waals surface area contributed by atoms with Crippen LogP contribution in [0.1, 0.15) is 10.4 Å². The van der Waals surface area contributed by atoms with Gasteiger partial charge in [0.25, 0.3) is 10.1 Å². The van der Waals surface area contributed by atoms with Crippen molar-refractivity contribution in [3.8, 4) is 0 Å². The molecule has 0 aliphatic carbocycles. The fourth-order valence-electron chi connectivity index (χ4n) is 1.67. The smallest absolute Gasteiger partial charge is 0.426 e. The third-order valence-corrected chi connectivity index (χ3v) is 3.56. The Morgan fingerprint density at radius 3 is 2.48 bits per heavy atom. The average Bonchev–Trinajstić information content (AvgIpc) is 2.52. The lowest BCUT2D eigenvalue weighted by Gasteiger charge is -2.19. The molecule has 1 rings (SSSR count). The molecule has 0 aliphatic rings. The summed E-state index contributed by atoms with van der Waals surface area (Å²) in [6, 6.07) is 3.00. The minimum atomic E-state index is -5.23. The normalized spacial score (nSPS) is 12.7. The lowest BCUT2D eigenvalue weighted by Crippen LogP contribution is -2.39. The largest absolute Gasteiger partial charge is 0.448 e. The predicted octanol–water partition coefficient (Wildman–Crippen LogP) is 1.19. The van der Waals surface area contributed by atoms with E-state index in [4.69, 9.17) is 12.4 Å². The van der Waals surface area contributed by atoms with Gasteiger partial charge < -0.3 is 9.47 Å². The highest BCUT2D eigenvalue weighted by atomic mass is 32.2. The quantitative estimate of drug-likeness (QED) is 0.302. The molecule has 1 atom stereocenters. The van der Waals surface area contributed by atoms with Gasteiger partial charge >= 0.3 is 18.2 Å². The molecule has 8 nitrogen and oxygen atoms in total. The zero-order valence-corrected chi connectivity index (χ0v) is 14.3. The fourth-order valence-corrected chi connectivity index (χ4v) is 2.31. The number of rotatable bonds is 7. The maximum Gasteiger partial charge on any atom is 0.426 e. The number of hydrogen-bond donors (Lipinski definition) is 2. The van der Waals surface area contributed by atoms with Gasteiger partial charge in [0.15, 0.2) is 0 Å². The molecule has 2 N–H and O–H groups in total. The van der Waals surface area contributed by atoms with Gasteiger partial charge in [-0.1, -0.05) is 24.2 Å². The van der Waals surface area contributed by atoms with Gasteiger partial charge in [0.1, 0.15) is 20.2 Å². The van der Waals surface area contributed by atoms with Gasteiger partial charge in [0, 0.05) is 5.69 Å². The van der Waals surface area contributed by atoms with E-state index >= 15 is 0 Å². The van der Waals surface area contributed by atoms with Crippen LogP contribution in [0.4, 0.5) is 23.7 Å². The van der Waals surface area contributed by atoms with Crippen molar-refractivity contribution in [3.05, 3.63) is 36.4 Å². The number of amides is 1. The second-order valence-electron chi connectivity index (χ2n) is 5.00. The van der Waals surface area contributed by atoms with Crippen LogP contribution in [0.5, 0.6) is 0 Å². The van der Waals surface area contributed by atoms with Crippen molar-refractivity contribution in [2.75, 3.05) is 17.7 Å². The third kappa shape index (κ3) is 7.70. The second kappa shape index (κ2) is 8.91. The van der Waals surface area contributed by atoms with E-state index in [9.17, 15) is 31.2 Å². The van der Waals surface area contributed by atoms with E-state index < -0.39 is 45.8 Å². The molecule has 0 aromatic heterocycles. The maximum atomic E-state index is 12.8. The summed E-state index contributed by atoms with van der Waals surface area (Å²) in [5, 5.41) is 2.23. The number of anilines is 1. The number of esters is 1. The zero-order chi connectivity index (χ0) is 20.8. The summed E-state index contributed by atoms with van der Waals surface area (Å²) >= 11 is 0. The Balaban J connectivity index is 2.92. The van der Waals surface area contributed by atoms with Crippen molar-refractivity contribution in [2.24, 2.45) is 0 Å². The van der Waals surface area contributed by atoms with Crippen molar-refractivity contribution in [1.82, 2.24) is 0 Å². The van der Waals surface area contributed by atoms with Crippen LogP contribution >= 0.6 is 0 Å². The van der Waals surface area contributed by atoms with Crippen molar-refractivity contribution in [3.63, 3.8) is 0 Å². The van der Waals surface area contributed by atoms with Crippen LogP contribution in [0.15, 0.2) is 30.9 Å². The predicted molar refractivity (Wildman–Crippen MR) is 88.7 cm³/mol. The first-order valence-corrected chi connectivity index (χ1v) is 8.61. The number of nitrogens with one attached hydrogen (secondary N) is 1. The van der Waals surface area contributed by atoms with E-state index in [-0.39, 0.29) is 17.8 Å². The number of carbonyl (C=O) groups excluding carboxylic acids is 2. The van der Waals surface area contributed by atoms with E-state index in [2.05, 4.69) is 21.4 Å². The van der Waals surface area contributed by atoms with Crippen molar-refractivity contribution >= 4 is 41.2 Å². The van der Waals surface area contributed by atoms with Gasteiger partial charge in [0.05, 0.1) is 5.56 Å². The minimum Gasteiger partial charge on any atom is -0.448 e. The minimum absolute atomic E-state index is 0.00548. The third-order valence-electron chi connectivity index (χ3n) is 2.83. The van der Waals surface area contributed by atoms with Gasteiger partial charge in [-0.05, 0) is 12.1 Å². The summed E-state index contributed by atoms with van der Waals surface area (Å²) in [4.78, 5) is 23.2. The highest BCUT2D eigenvalue weighted by Gasteiger charge is 2.45. The van der Waals surface area contributed by atoms with Crippen LogP contribution < -0.4 is 10.8 Å². The number of benzene rings is 1. The monoisotopic (exact) mass is 407 g/mol. The number of ether oxygens (including phenoxy) is 2. The highest BCUT2D eigenvalue weighted by Crippen LogP contribution is 2.25. The van der Waals surface area contributed by atoms with Crippen molar-refractivity contribution in [1.29, 1.82) is 0 Å². The fraction of sp³-hybridized carbons (Fsp3) is 0.286. The summed E-state index contributed by atoms with van der Waals surface area (Å²) in [5.74, 6) is -3.39. The van der Waals surface area contributed by atoms with Crippen LogP contribution in [0.25, 0.3) is 0 Å². The molecule has 0 saturated heterocycles. The molecule has 27 heavy (non-hydrogen) atoms. The first kappa shape index (κ1) is 22.5. The lowest BCUT2D eigenvalue weighted by molar-refractivity contribution is -0.197. The summed E-state index contributed by atoms with van der Waals surface area (Å²) in [6.07, 6.45) is -7.88. The average molecular weight is 407 g/mol. The summed E-state index contributed by atoms with van der Waals surface area (Å²) in [5.41, 5.74) is -0.633. The summed E-state index contributed by atoms with van der Waals surface area (Å²) in [6.45, 7) is 3.26. The molecule has 0 saturated carbocycles. The molecule has 1 amide bonds. The summed E-state index contributed by atoms with van der Waals surface area (Å²) in [7, 11) is 0.537. The van der Waals surface area contributed by atoms with Crippen LogP contribution in [0.2, 0.25) is 0 Å². The molecule has 0 spiro atoms. The standard InChI is InChI=1S/C14H13BF3NO7S/c1-2-5-25-13(21)19-10-4-3-8(6-9(10)15)12(20)26-11(14(16,17)18)7-27(22,23)24/h2-4,6,11H,1,5,7H2,(H,19,21)(H,22,23,24). The van der Waals surface area contributed by atoms with Gasteiger partial charge in [0.2, 0.25) is 6.10 Å². The van der Waals surface area contributed by atoms with E-state index in [1.54, 1.807) is 0 Å². The number of alkyl halides is 3. The molecule has 146 valence electrons. The topological polar surface area (TPSA) is 119 Å². The van der Waals surface area contributed by atoms with Crippen LogP contribution in [0.3, 0.4) is 0 Å². The molecule has 1 aromatic rings. The van der Waals surface area contributed by atoms with E-state index in [0.717, 1.165) is 18.2 Å². The molecular weight excluding hydrogens is 394 g/mol. The molecule has 0 fully saturated rings. The Hall–Kier alpha value is -2.54. The molecular formula is C14H13BF3NO7S. The number of carbonyl (C=O) groups is 2. The molecule has 0 aliphatic heterocycles. The van der Waals surface area contributed by atoms with Crippen LogP contribution in [-0.4, -0.2) is 57.5 Å². The van der Waals surface area contributed by atoms with Crippen molar-refractivity contribution < 1.29 is 45.2 Å². The SMILES string of the molecule is [B]c1cc(C(=O)OC(CS(=O)(=O)O)C(F)(F)F)ccc1NC(=O)OCC=C. The Morgan fingerprint density at radius 1 is 1.37 bits per heavy atom. The Morgan fingerprint density at radius 2 is 2.00 bits per heavy atom. The molecule has 13 heteroatoms. The van der Waals surface area contributed by atoms with E-state index in [1.807, 2.05) is 0 Å². The molecule has 1 unspecified atom stereocenters. The first-order chi connectivity index (χ1) is 12.3. The Labute approximate surface area is 153 Å². The molecule has 0 bridgehead atoms. The maximum absolute atomic E-state index is 12.8. The molecule has 0 heterocycles. The Bertz CT molecular complexity index is 826. The molecule has 1 aromatic carbocycles. The van der Waals surface area contributed by atoms with Gasteiger partial charge in [-0.15, -0.1) is 0 Å². The number of halogens is 3. The molecule has 2 radical (unpaired) electrons. The Kier molecular flexibility index (Phi) is 7.42. The lowest BCUT2D eigenvalue weighted by atomic mass is 9.92. The van der Waals surface area contributed by atoms with Crippen LogP contribution in [0, 0.1) is 0 Å². The van der Waals surface area contributed by atoms with Gasteiger partial charge in [-0.3, -0.25) is 9.87 Å². The zero-order valence-electron chi connectivity index (χ0n) is 13.5. The highest BCUT2D eigenvalue weighted by molar-refractivity contribution is 7.85. The van der Waals surface area contributed by atoms with E-state index in [1.165, 1.54) is 6.08 Å². The van der Waals surface area contributed by atoms with E-state index in [0.29, 0.717) is 0 Å². The second-order valence-corrected chi connectivity index (χ2v) is 6.50. The first-order valence-electron chi connectivity index (χ1n) is 7.00. The van der Waals surface area contributed by atoms with Gasteiger partial charge in [-0.2, -0.15) is 21.6 Å². The summed E-state index contributed by atoms with van der Waals surface area (Å²) < 4.78 is 77.0. The van der Waals surface area contributed by atoms with Crippen LogP contribution in [-0.2, 0) is 19.6 Å². The van der Waals surface area contributed by atoms with Crippen molar-refractivity contribution in [2.45, 2.75) is 12.3 Å².